The van der Waals surface area contributed by atoms with Crippen molar-refractivity contribution in [3.8, 4) is 0 Å². The molecule has 0 bridgehead atoms. The molecule has 0 unspecified atom stereocenters. The summed E-state index contributed by atoms with van der Waals surface area (Å²) in [5.41, 5.74) is 1.05. The van der Waals surface area contributed by atoms with Gasteiger partial charge in [0.05, 0.1) is 0 Å². The Kier molecular flexibility index (Phi) is 5.99. The molecule has 1 saturated heterocycles. The van der Waals surface area contributed by atoms with Crippen LogP contribution in [0.3, 0.4) is 0 Å². The molecule has 0 aromatic heterocycles. The second-order valence-corrected chi connectivity index (χ2v) is 6.22. The summed E-state index contributed by atoms with van der Waals surface area (Å²) in [5.74, 6) is -0.715. The van der Waals surface area contributed by atoms with E-state index >= 15 is 0 Å². The largest absolute Gasteiger partial charge is 0.334 e. The molecule has 4 heteroatoms. The molecular formula is C18H26N2O2. The first-order valence-corrected chi connectivity index (χ1v) is 8.23. The topological polar surface area (TPSA) is 40.6 Å². The first-order chi connectivity index (χ1) is 10.6. The van der Waals surface area contributed by atoms with Crippen LogP contribution < -0.4 is 0 Å². The third-order valence-electron chi connectivity index (χ3n) is 4.16. The van der Waals surface area contributed by atoms with Crippen molar-refractivity contribution in [1.82, 2.24) is 9.80 Å². The molecule has 1 aliphatic heterocycles. The van der Waals surface area contributed by atoms with Gasteiger partial charge in [-0.1, -0.05) is 43.2 Å². The number of amides is 2. The van der Waals surface area contributed by atoms with E-state index in [9.17, 15) is 9.59 Å². The van der Waals surface area contributed by atoms with Crippen LogP contribution in [0.5, 0.6) is 0 Å². The van der Waals surface area contributed by atoms with Gasteiger partial charge in [-0.3, -0.25) is 9.59 Å². The molecule has 22 heavy (non-hydrogen) atoms. The van der Waals surface area contributed by atoms with Gasteiger partial charge in [-0.2, -0.15) is 0 Å². The monoisotopic (exact) mass is 302 g/mol. The van der Waals surface area contributed by atoms with Crippen LogP contribution in [0.25, 0.3) is 0 Å². The van der Waals surface area contributed by atoms with E-state index in [1.165, 1.54) is 0 Å². The molecule has 1 heterocycles. The van der Waals surface area contributed by atoms with Crippen molar-refractivity contribution in [2.75, 3.05) is 13.1 Å². The Bertz CT molecular complexity index is 491. The maximum Gasteiger partial charge on any atom is 0.312 e. The van der Waals surface area contributed by atoms with Crippen LogP contribution in [0.15, 0.2) is 30.3 Å². The fraction of sp³-hybridized carbons (Fsp3) is 0.556. The molecule has 0 N–H and O–H groups in total. The first kappa shape index (κ1) is 16.5. The lowest BCUT2D eigenvalue weighted by Gasteiger charge is -2.29. The van der Waals surface area contributed by atoms with Crippen LogP contribution in [-0.2, 0) is 16.1 Å². The van der Waals surface area contributed by atoms with E-state index in [-0.39, 0.29) is 17.9 Å². The molecule has 0 spiro atoms. The number of benzene rings is 1. The summed E-state index contributed by atoms with van der Waals surface area (Å²) in [6.07, 6.45) is 4.30. The molecule has 2 amide bonds. The predicted molar refractivity (Wildman–Crippen MR) is 87.2 cm³/mol. The number of hydrogen-bond donors (Lipinski definition) is 0. The number of hydrogen-bond acceptors (Lipinski definition) is 2. The minimum atomic E-state index is -0.374. The van der Waals surface area contributed by atoms with Crippen LogP contribution >= 0.6 is 0 Å². The van der Waals surface area contributed by atoms with Crippen LogP contribution in [-0.4, -0.2) is 40.7 Å². The van der Waals surface area contributed by atoms with Gasteiger partial charge in [0.15, 0.2) is 0 Å². The zero-order valence-corrected chi connectivity index (χ0v) is 13.6. The van der Waals surface area contributed by atoms with E-state index in [4.69, 9.17) is 0 Å². The SMILES string of the molecule is CC(C)N(Cc1ccccc1)C(=O)C(=O)N1CCCCCC1. The van der Waals surface area contributed by atoms with Gasteiger partial charge in [0.1, 0.15) is 0 Å². The summed E-state index contributed by atoms with van der Waals surface area (Å²) < 4.78 is 0. The quantitative estimate of drug-likeness (QED) is 0.806. The fourth-order valence-corrected chi connectivity index (χ4v) is 2.80. The highest BCUT2D eigenvalue weighted by atomic mass is 16.2. The summed E-state index contributed by atoms with van der Waals surface area (Å²) in [6, 6.07) is 9.83. The highest BCUT2D eigenvalue weighted by Gasteiger charge is 2.28. The van der Waals surface area contributed by atoms with Gasteiger partial charge in [-0.15, -0.1) is 0 Å². The first-order valence-electron chi connectivity index (χ1n) is 8.23. The van der Waals surface area contributed by atoms with E-state index in [1.54, 1.807) is 9.80 Å². The Hall–Kier alpha value is -1.84. The predicted octanol–water partition coefficient (Wildman–Crippen LogP) is 2.83. The van der Waals surface area contributed by atoms with Crippen molar-refractivity contribution < 1.29 is 9.59 Å². The molecule has 1 aromatic rings. The highest BCUT2D eigenvalue weighted by Crippen LogP contribution is 2.13. The molecule has 1 fully saturated rings. The standard InChI is InChI=1S/C18H26N2O2/c1-15(2)20(14-16-10-6-5-7-11-16)18(22)17(21)19-12-8-3-4-9-13-19/h5-7,10-11,15H,3-4,8-9,12-14H2,1-2H3. The molecule has 0 aliphatic carbocycles. The number of rotatable bonds is 3. The average Bonchev–Trinajstić information content (AvgIpc) is 2.81. The van der Waals surface area contributed by atoms with Crippen LogP contribution in [0.1, 0.15) is 45.1 Å². The van der Waals surface area contributed by atoms with Crippen molar-refractivity contribution >= 4 is 11.8 Å². The summed E-state index contributed by atoms with van der Waals surface area (Å²) in [5, 5.41) is 0. The number of nitrogens with zero attached hydrogens (tertiary/aromatic N) is 2. The van der Waals surface area contributed by atoms with Crippen LogP contribution in [0.2, 0.25) is 0 Å². The summed E-state index contributed by atoms with van der Waals surface area (Å²) in [6.45, 7) is 5.81. The summed E-state index contributed by atoms with van der Waals surface area (Å²) in [4.78, 5) is 28.6. The number of carbonyl (C=O) groups excluding carboxylic acids is 2. The second-order valence-electron chi connectivity index (χ2n) is 6.22. The number of carbonyl (C=O) groups is 2. The summed E-state index contributed by atoms with van der Waals surface area (Å²) in [7, 11) is 0. The Morgan fingerprint density at radius 1 is 1.05 bits per heavy atom. The van der Waals surface area contributed by atoms with Gasteiger partial charge in [0, 0.05) is 25.7 Å². The maximum absolute atomic E-state index is 12.6. The van der Waals surface area contributed by atoms with Gasteiger partial charge in [0.25, 0.3) is 0 Å². The lowest BCUT2D eigenvalue weighted by molar-refractivity contribution is -0.153. The van der Waals surface area contributed by atoms with E-state index in [0.29, 0.717) is 19.6 Å². The number of likely N-dealkylation sites (tertiary alicyclic amines) is 1. The smallest absolute Gasteiger partial charge is 0.312 e. The van der Waals surface area contributed by atoms with Crippen molar-refractivity contribution in [3.63, 3.8) is 0 Å². The highest BCUT2D eigenvalue weighted by molar-refractivity contribution is 6.34. The molecule has 0 saturated carbocycles. The average molecular weight is 302 g/mol. The molecule has 4 nitrogen and oxygen atoms in total. The van der Waals surface area contributed by atoms with Crippen molar-refractivity contribution in [1.29, 1.82) is 0 Å². The maximum atomic E-state index is 12.6. The van der Waals surface area contributed by atoms with E-state index in [2.05, 4.69) is 0 Å². The molecule has 1 aliphatic rings. The third kappa shape index (κ3) is 4.33. The van der Waals surface area contributed by atoms with Gasteiger partial charge in [-0.05, 0) is 32.3 Å². The Balaban J connectivity index is 2.06. The van der Waals surface area contributed by atoms with Crippen LogP contribution in [0, 0.1) is 0 Å². The Morgan fingerprint density at radius 3 is 2.18 bits per heavy atom. The zero-order valence-electron chi connectivity index (χ0n) is 13.6. The minimum Gasteiger partial charge on any atom is -0.334 e. The van der Waals surface area contributed by atoms with Crippen LogP contribution in [0.4, 0.5) is 0 Å². The van der Waals surface area contributed by atoms with E-state index in [1.807, 2.05) is 44.2 Å². The molecule has 0 radical (unpaired) electrons. The summed E-state index contributed by atoms with van der Waals surface area (Å²) >= 11 is 0. The third-order valence-corrected chi connectivity index (χ3v) is 4.16. The van der Waals surface area contributed by atoms with Gasteiger partial charge in [0.2, 0.25) is 0 Å². The Labute approximate surface area is 133 Å². The molecular weight excluding hydrogens is 276 g/mol. The van der Waals surface area contributed by atoms with Gasteiger partial charge < -0.3 is 9.80 Å². The molecule has 120 valence electrons. The molecule has 1 aromatic carbocycles. The second kappa shape index (κ2) is 7.97. The zero-order chi connectivity index (χ0) is 15.9. The lowest BCUT2D eigenvalue weighted by atomic mass is 10.2. The minimum absolute atomic E-state index is 0.00336. The van der Waals surface area contributed by atoms with E-state index in [0.717, 1.165) is 31.2 Å². The normalized spacial score (nSPS) is 15.5. The Morgan fingerprint density at radius 2 is 1.64 bits per heavy atom. The van der Waals surface area contributed by atoms with Gasteiger partial charge >= 0.3 is 11.8 Å². The molecule has 0 atom stereocenters. The van der Waals surface area contributed by atoms with Gasteiger partial charge in [-0.25, -0.2) is 0 Å². The van der Waals surface area contributed by atoms with Crippen molar-refractivity contribution in [2.45, 2.75) is 52.1 Å². The lowest BCUT2D eigenvalue weighted by Crippen LogP contribution is -2.47. The van der Waals surface area contributed by atoms with Crippen molar-refractivity contribution in [3.05, 3.63) is 35.9 Å². The fourth-order valence-electron chi connectivity index (χ4n) is 2.80. The van der Waals surface area contributed by atoms with E-state index < -0.39 is 0 Å². The van der Waals surface area contributed by atoms with Crippen molar-refractivity contribution in [2.24, 2.45) is 0 Å². The molecule has 2 rings (SSSR count).